The number of anilines is 1. The molecule has 0 aliphatic heterocycles. The number of carbonyl (C=O) groups is 2. The van der Waals surface area contributed by atoms with Gasteiger partial charge in [0.25, 0.3) is 0 Å². The van der Waals surface area contributed by atoms with Crippen LogP contribution in [0.2, 0.25) is 0 Å². The van der Waals surface area contributed by atoms with Gasteiger partial charge in [-0.2, -0.15) is 0 Å². The summed E-state index contributed by atoms with van der Waals surface area (Å²) in [6.07, 6.45) is 2.36. The summed E-state index contributed by atoms with van der Waals surface area (Å²) in [6.45, 7) is 2.16. The third kappa shape index (κ3) is 4.06. The maximum atomic E-state index is 11.9. The Balaban J connectivity index is 1.83. The summed E-state index contributed by atoms with van der Waals surface area (Å²) in [5, 5.41) is 11.9. The van der Waals surface area contributed by atoms with Gasteiger partial charge in [0, 0.05) is 24.7 Å². The van der Waals surface area contributed by atoms with Gasteiger partial charge >= 0.3 is 5.97 Å². The van der Waals surface area contributed by atoms with E-state index >= 15 is 0 Å². The highest BCUT2D eigenvalue weighted by atomic mass is 16.4. The van der Waals surface area contributed by atoms with Crippen LogP contribution in [0.25, 0.3) is 0 Å². The number of para-hydroxylation sites is 1. The predicted molar refractivity (Wildman–Crippen MR) is 76.5 cm³/mol. The van der Waals surface area contributed by atoms with Crippen LogP contribution in [0.1, 0.15) is 26.2 Å². The molecular formula is C15H20N2O3. The third-order valence-corrected chi connectivity index (χ3v) is 3.53. The largest absolute Gasteiger partial charge is 0.480 e. The van der Waals surface area contributed by atoms with Gasteiger partial charge in [-0.3, -0.25) is 14.5 Å². The fourth-order valence-electron chi connectivity index (χ4n) is 2.22. The van der Waals surface area contributed by atoms with Gasteiger partial charge in [-0.1, -0.05) is 18.2 Å². The van der Waals surface area contributed by atoms with Crippen LogP contribution >= 0.6 is 0 Å². The van der Waals surface area contributed by atoms with Crippen LogP contribution in [0.15, 0.2) is 30.3 Å². The van der Waals surface area contributed by atoms with Crippen LogP contribution in [0.5, 0.6) is 0 Å². The molecule has 0 saturated heterocycles. The van der Waals surface area contributed by atoms with Crippen LogP contribution in [-0.2, 0) is 9.59 Å². The number of carboxylic acid groups (broad SMARTS) is 1. The van der Waals surface area contributed by atoms with Crippen LogP contribution in [0.3, 0.4) is 0 Å². The third-order valence-electron chi connectivity index (χ3n) is 3.53. The number of rotatable bonds is 7. The molecule has 5 heteroatoms. The normalized spacial score (nSPS) is 15.9. The Bertz CT molecular complexity index is 471. The maximum Gasteiger partial charge on any atom is 0.320 e. The van der Waals surface area contributed by atoms with Crippen molar-refractivity contribution in [3.63, 3.8) is 0 Å². The molecule has 1 aliphatic carbocycles. The second kappa shape index (κ2) is 6.52. The summed E-state index contributed by atoms with van der Waals surface area (Å²) >= 11 is 0. The minimum Gasteiger partial charge on any atom is -0.480 e. The number of carbonyl (C=O) groups excluding carboxylic acids is 1. The van der Waals surface area contributed by atoms with Gasteiger partial charge in [0.2, 0.25) is 5.91 Å². The standard InChI is InChI=1S/C15H20N2O3/c1-11(15(19)20)17(13-7-8-13)10-9-14(18)16-12-5-3-2-4-6-12/h2-6,11,13H,7-10H2,1H3,(H,16,18)(H,19,20). The fraction of sp³-hybridized carbons (Fsp3) is 0.467. The second-order valence-electron chi connectivity index (χ2n) is 5.15. The first-order chi connectivity index (χ1) is 9.58. The number of hydrogen-bond acceptors (Lipinski definition) is 3. The molecule has 1 unspecified atom stereocenters. The Kier molecular flexibility index (Phi) is 4.74. The van der Waals surface area contributed by atoms with Crippen LogP contribution in [-0.4, -0.2) is 40.5 Å². The number of benzene rings is 1. The van der Waals surface area contributed by atoms with Crippen LogP contribution < -0.4 is 5.32 Å². The minimum absolute atomic E-state index is 0.0839. The molecule has 0 spiro atoms. The van der Waals surface area contributed by atoms with Gasteiger partial charge in [-0.25, -0.2) is 0 Å². The van der Waals surface area contributed by atoms with E-state index in [2.05, 4.69) is 5.32 Å². The minimum atomic E-state index is -0.833. The van der Waals surface area contributed by atoms with Crippen molar-refractivity contribution in [1.82, 2.24) is 4.90 Å². The zero-order valence-corrected chi connectivity index (χ0v) is 11.6. The summed E-state index contributed by atoms with van der Waals surface area (Å²) in [4.78, 5) is 24.8. The molecule has 1 aliphatic rings. The molecule has 1 saturated carbocycles. The van der Waals surface area contributed by atoms with Crippen molar-refractivity contribution in [1.29, 1.82) is 0 Å². The number of nitrogens with zero attached hydrogens (tertiary/aromatic N) is 1. The summed E-state index contributed by atoms with van der Waals surface area (Å²) in [7, 11) is 0. The van der Waals surface area contributed by atoms with Crippen LogP contribution in [0, 0.1) is 0 Å². The van der Waals surface area contributed by atoms with E-state index in [1.165, 1.54) is 0 Å². The topological polar surface area (TPSA) is 69.6 Å². The molecule has 1 atom stereocenters. The van der Waals surface area contributed by atoms with Gasteiger partial charge in [0.1, 0.15) is 6.04 Å². The Labute approximate surface area is 118 Å². The molecule has 1 amide bonds. The highest BCUT2D eigenvalue weighted by Crippen LogP contribution is 2.28. The van der Waals surface area contributed by atoms with E-state index in [1.807, 2.05) is 35.2 Å². The number of aliphatic carboxylic acids is 1. The Hall–Kier alpha value is -1.88. The van der Waals surface area contributed by atoms with Gasteiger partial charge in [-0.05, 0) is 31.9 Å². The van der Waals surface area contributed by atoms with E-state index in [4.69, 9.17) is 5.11 Å². The fourth-order valence-corrected chi connectivity index (χ4v) is 2.22. The van der Waals surface area contributed by atoms with E-state index in [1.54, 1.807) is 6.92 Å². The highest BCUT2D eigenvalue weighted by molar-refractivity contribution is 5.90. The highest BCUT2D eigenvalue weighted by Gasteiger charge is 2.34. The van der Waals surface area contributed by atoms with Gasteiger partial charge in [-0.15, -0.1) is 0 Å². The number of hydrogen-bond donors (Lipinski definition) is 2. The molecule has 108 valence electrons. The summed E-state index contributed by atoms with van der Waals surface area (Å²) < 4.78 is 0. The molecule has 0 aromatic heterocycles. The van der Waals surface area contributed by atoms with Crippen LogP contribution in [0.4, 0.5) is 5.69 Å². The second-order valence-corrected chi connectivity index (χ2v) is 5.15. The molecule has 20 heavy (non-hydrogen) atoms. The van der Waals surface area contributed by atoms with Crippen molar-refractivity contribution >= 4 is 17.6 Å². The van der Waals surface area contributed by atoms with E-state index < -0.39 is 12.0 Å². The lowest BCUT2D eigenvalue weighted by Gasteiger charge is -2.25. The van der Waals surface area contributed by atoms with Gasteiger partial charge in [0.15, 0.2) is 0 Å². The molecule has 1 fully saturated rings. The predicted octanol–water partition coefficient (Wildman–Crippen LogP) is 1.95. The SMILES string of the molecule is CC(C(=O)O)N(CCC(=O)Nc1ccccc1)C1CC1. The summed E-state index contributed by atoms with van der Waals surface area (Å²) in [6, 6.07) is 9.06. The van der Waals surface area contributed by atoms with Crippen molar-refractivity contribution in [2.45, 2.75) is 38.3 Å². The van der Waals surface area contributed by atoms with E-state index in [0.29, 0.717) is 19.0 Å². The van der Waals surface area contributed by atoms with Gasteiger partial charge < -0.3 is 10.4 Å². The number of amides is 1. The molecule has 1 aromatic carbocycles. The Morgan fingerprint density at radius 2 is 2.00 bits per heavy atom. The molecule has 5 nitrogen and oxygen atoms in total. The Morgan fingerprint density at radius 1 is 1.35 bits per heavy atom. The molecule has 0 radical (unpaired) electrons. The lowest BCUT2D eigenvalue weighted by molar-refractivity contribution is -0.143. The molecule has 1 aromatic rings. The zero-order valence-electron chi connectivity index (χ0n) is 11.6. The maximum absolute atomic E-state index is 11.9. The summed E-state index contributed by atoms with van der Waals surface area (Å²) in [5.74, 6) is -0.917. The molecule has 2 rings (SSSR count). The van der Waals surface area contributed by atoms with Crippen molar-refractivity contribution in [3.8, 4) is 0 Å². The molecule has 2 N–H and O–H groups in total. The Morgan fingerprint density at radius 3 is 2.55 bits per heavy atom. The quantitative estimate of drug-likeness (QED) is 0.798. The monoisotopic (exact) mass is 276 g/mol. The van der Waals surface area contributed by atoms with E-state index in [-0.39, 0.29) is 5.91 Å². The molecule has 0 bridgehead atoms. The zero-order chi connectivity index (χ0) is 14.5. The lowest BCUT2D eigenvalue weighted by atomic mass is 10.2. The lowest BCUT2D eigenvalue weighted by Crippen LogP contribution is -2.42. The number of carboxylic acids is 1. The average molecular weight is 276 g/mol. The molecule has 0 heterocycles. The van der Waals surface area contributed by atoms with Gasteiger partial charge in [0.05, 0.1) is 0 Å². The number of nitrogens with one attached hydrogen (secondary N) is 1. The first kappa shape index (κ1) is 14.5. The summed E-state index contributed by atoms with van der Waals surface area (Å²) in [5.41, 5.74) is 0.766. The van der Waals surface area contributed by atoms with E-state index in [9.17, 15) is 9.59 Å². The van der Waals surface area contributed by atoms with Crippen molar-refractivity contribution in [3.05, 3.63) is 30.3 Å². The first-order valence-electron chi connectivity index (χ1n) is 6.91. The smallest absolute Gasteiger partial charge is 0.320 e. The van der Waals surface area contributed by atoms with Crippen molar-refractivity contribution < 1.29 is 14.7 Å². The van der Waals surface area contributed by atoms with Crippen molar-refractivity contribution in [2.24, 2.45) is 0 Å². The van der Waals surface area contributed by atoms with Crippen molar-refractivity contribution in [2.75, 3.05) is 11.9 Å². The average Bonchev–Trinajstić information content (AvgIpc) is 3.24. The van der Waals surface area contributed by atoms with E-state index in [0.717, 1.165) is 18.5 Å². The first-order valence-corrected chi connectivity index (χ1v) is 6.91. The molecular weight excluding hydrogens is 256 g/mol.